The summed E-state index contributed by atoms with van der Waals surface area (Å²) in [6.45, 7) is 3.80. The van der Waals surface area contributed by atoms with Gasteiger partial charge in [0.05, 0.1) is 6.04 Å². The van der Waals surface area contributed by atoms with Crippen LogP contribution in [0.3, 0.4) is 0 Å². The molecule has 2 aromatic carbocycles. The zero-order chi connectivity index (χ0) is 17.8. The van der Waals surface area contributed by atoms with Crippen LogP contribution >= 0.6 is 15.9 Å². The standard InChI is InChI=1S/C21H24BrNO2/c1-14(17-8-7-16-5-3-4-6-18(16)13-17)23-21(24)15(2)25-20-11-9-19(22)10-12-20/h7-15H,3-6H2,1-2H3,(H,23,24)/t14-,15+/m1/s1. The van der Waals surface area contributed by atoms with E-state index in [0.717, 1.165) is 16.5 Å². The predicted octanol–water partition coefficient (Wildman–Crippen LogP) is 4.97. The van der Waals surface area contributed by atoms with Gasteiger partial charge in [0.15, 0.2) is 6.10 Å². The van der Waals surface area contributed by atoms with E-state index in [9.17, 15) is 4.79 Å². The molecule has 0 radical (unpaired) electrons. The molecule has 0 aromatic heterocycles. The lowest BCUT2D eigenvalue weighted by molar-refractivity contribution is -0.127. The maximum atomic E-state index is 12.4. The quantitative estimate of drug-likeness (QED) is 0.767. The number of nitrogens with one attached hydrogen (secondary N) is 1. The van der Waals surface area contributed by atoms with Crippen molar-refractivity contribution in [2.75, 3.05) is 0 Å². The van der Waals surface area contributed by atoms with Gasteiger partial charge in [-0.2, -0.15) is 0 Å². The summed E-state index contributed by atoms with van der Waals surface area (Å²) in [4.78, 5) is 12.4. The summed E-state index contributed by atoms with van der Waals surface area (Å²) in [6.07, 6.45) is 4.32. The minimum absolute atomic E-state index is 0.0318. The van der Waals surface area contributed by atoms with Gasteiger partial charge in [0.2, 0.25) is 0 Å². The highest BCUT2D eigenvalue weighted by molar-refractivity contribution is 9.10. The monoisotopic (exact) mass is 401 g/mol. The second kappa shape index (κ2) is 8.05. The summed E-state index contributed by atoms with van der Waals surface area (Å²) in [5, 5.41) is 3.06. The lowest BCUT2D eigenvalue weighted by atomic mass is 9.89. The number of rotatable bonds is 5. The molecule has 2 atom stereocenters. The minimum atomic E-state index is -0.541. The van der Waals surface area contributed by atoms with Crippen molar-refractivity contribution in [3.63, 3.8) is 0 Å². The molecule has 132 valence electrons. The first-order chi connectivity index (χ1) is 12.0. The molecule has 3 rings (SSSR count). The Morgan fingerprint density at radius 1 is 1.04 bits per heavy atom. The minimum Gasteiger partial charge on any atom is -0.481 e. The topological polar surface area (TPSA) is 38.3 Å². The van der Waals surface area contributed by atoms with Gasteiger partial charge in [-0.25, -0.2) is 0 Å². The summed E-state index contributed by atoms with van der Waals surface area (Å²) < 4.78 is 6.71. The number of ether oxygens (including phenoxy) is 1. The van der Waals surface area contributed by atoms with E-state index >= 15 is 0 Å². The van der Waals surface area contributed by atoms with Gasteiger partial charge >= 0.3 is 0 Å². The van der Waals surface area contributed by atoms with Crippen LogP contribution in [-0.4, -0.2) is 12.0 Å². The number of hydrogen-bond donors (Lipinski definition) is 1. The SMILES string of the molecule is C[C@H](Oc1ccc(Br)cc1)C(=O)N[C@H](C)c1ccc2c(c1)CCCC2. The molecule has 0 fully saturated rings. The Hall–Kier alpha value is -1.81. The van der Waals surface area contributed by atoms with Crippen LogP contribution in [0.1, 0.15) is 49.4 Å². The van der Waals surface area contributed by atoms with Crippen molar-refractivity contribution < 1.29 is 9.53 Å². The smallest absolute Gasteiger partial charge is 0.261 e. The van der Waals surface area contributed by atoms with Gasteiger partial charge in [-0.05, 0) is 80.5 Å². The average Bonchev–Trinajstić information content (AvgIpc) is 2.63. The van der Waals surface area contributed by atoms with Gasteiger partial charge < -0.3 is 10.1 Å². The van der Waals surface area contributed by atoms with Crippen LogP contribution in [-0.2, 0) is 17.6 Å². The van der Waals surface area contributed by atoms with E-state index in [4.69, 9.17) is 4.74 Å². The van der Waals surface area contributed by atoms with Gasteiger partial charge in [-0.15, -0.1) is 0 Å². The van der Waals surface area contributed by atoms with Crippen molar-refractivity contribution in [1.82, 2.24) is 5.32 Å². The molecule has 4 heteroatoms. The third-order valence-corrected chi connectivity index (χ3v) is 5.26. The molecule has 1 aliphatic carbocycles. The van der Waals surface area contributed by atoms with Gasteiger partial charge in [0, 0.05) is 4.47 Å². The van der Waals surface area contributed by atoms with Crippen LogP contribution < -0.4 is 10.1 Å². The molecule has 2 aromatic rings. The Labute approximate surface area is 157 Å². The number of benzene rings is 2. The lowest BCUT2D eigenvalue weighted by Crippen LogP contribution is -2.37. The van der Waals surface area contributed by atoms with Crippen LogP contribution in [0, 0.1) is 0 Å². The molecule has 0 heterocycles. The Morgan fingerprint density at radius 2 is 1.72 bits per heavy atom. The highest BCUT2D eigenvalue weighted by Gasteiger charge is 2.19. The number of amides is 1. The third kappa shape index (κ3) is 4.63. The van der Waals surface area contributed by atoms with Crippen LogP contribution in [0.25, 0.3) is 0 Å². The number of carbonyl (C=O) groups is 1. The van der Waals surface area contributed by atoms with Crippen molar-refractivity contribution in [2.24, 2.45) is 0 Å². The molecule has 3 nitrogen and oxygen atoms in total. The molecule has 0 unspecified atom stereocenters. The zero-order valence-corrected chi connectivity index (χ0v) is 16.3. The first-order valence-corrected chi connectivity index (χ1v) is 9.66. The first kappa shape index (κ1) is 18.0. The molecule has 0 bridgehead atoms. The molecule has 0 saturated heterocycles. The molecule has 0 aliphatic heterocycles. The van der Waals surface area contributed by atoms with E-state index in [1.54, 1.807) is 6.92 Å². The fourth-order valence-corrected chi connectivity index (χ4v) is 3.47. The van der Waals surface area contributed by atoms with E-state index in [-0.39, 0.29) is 11.9 Å². The van der Waals surface area contributed by atoms with Crippen LogP contribution in [0.5, 0.6) is 5.75 Å². The highest BCUT2D eigenvalue weighted by Crippen LogP contribution is 2.25. The number of halogens is 1. The summed E-state index contributed by atoms with van der Waals surface area (Å²) in [5.41, 5.74) is 4.05. The van der Waals surface area contributed by atoms with Crippen molar-refractivity contribution in [3.05, 3.63) is 63.6 Å². The molecule has 1 N–H and O–H groups in total. The van der Waals surface area contributed by atoms with Gasteiger partial charge in [0.25, 0.3) is 5.91 Å². The number of carbonyl (C=O) groups excluding carboxylic acids is 1. The Kier molecular flexibility index (Phi) is 5.79. The fraction of sp³-hybridized carbons (Fsp3) is 0.381. The summed E-state index contributed by atoms with van der Waals surface area (Å²) in [7, 11) is 0. The van der Waals surface area contributed by atoms with Gasteiger partial charge in [-0.1, -0.05) is 34.1 Å². The molecule has 1 aliphatic rings. The van der Waals surface area contributed by atoms with Crippen molar-refractivity contribution in [3.8, 4) is 5.75 Å². The summed E-state index contributed by atoms with van der Waals surface area (Å²) in [5.74, 6) is 0.584. The van der Waals surface area contributed by atoms with Crippen LogP contribution in [0.2, 0.25) is 0 Å². The number of hydrogen-bond acceptors (Lipinski definition) is 2. The molecule has 0 saturated carbocycles. The van der Waals surface area contributed by atoms with E-state index < -0.39 is 6.10 Å². The van der Waals surface area contributed by atoms with Gasteiger partial charge in [-0.3, -0.25) is 4.79 Å². The summed E-state index contributed by atoms with van der Waals surface area (Å²) in [6, 6.07) is 14.1. The van der Waals surface area contributed by atoms with E-state index in [0.29, 0.717) is 5.75 Å². The normalized spacial score (nSPS) is 15.8. The van der Waals surface area contributed by atoms with Crippen LogP contribution in [0.4, 0.5) is 0 Å². The molecular formula is C21H24BrNO2. The van der Waals surface area contributed by atoms with Gasteiger partial charge in [0.1, 0.15) is 5.75 Å². The fourth-order valence-electron chi connectivity index (χ4n) is 3.21. The molecule has 1 amide bonds. The predicted molar refractivity (Wildman–Crippen MR) is 104 cm³/mol. The first-order valence-electron chi connectivity index (χ1n) is 8.87. The average molecular weight is 402 g/mol. The molecular weight excluding hydrogens is 378 g/mol. The second-order valence-corrected chi connectivity index (χ2v) is 7.60. The maximum Gasteiger partial charge on any atom is 0.261 e. The highest BCUT2D eigenvalue weighted by atomic mass is 79.9. The van der Waals surface area contributed by atoms with Crippen molar-refractivity contribution in [1.29, 1.82) is 0 Å². The zero-order valence-electron chi connectivity index (χ0n) is 14.7. The molecule has 25 heavy (non-hydrogen) atoms. The Bertz CT molecular complexity index is 742. The van der Waals surface area contributed by atoms with Crippen LogP contribution in [0.15, 0.2) is 46.9 Å². The number of fused-ring (bicyclic) bond motifs is 1. The number of aryl methyl sites for hydroxylation is 2. The van der Waals surface area contributed by atoms with E-state index in [1.165, 1.54) is 30.4 Å². The molecule has 0 spiro atoms. The van der Waals surface area contributed by atoms with Crippen molar-refractivity contribution >= 4 is 21.8 Å². The Balaban J connectivity index is 1.60. The third-order valence-electron chi connectivity index (χ3n) is 4.73. The lowest BCUT2D eigenvalue weighted by Gasteiger charge is -2.21. The Morgan fingerprint density at radius 3 is 2.44 bits per heavy atom. The van der Waals surface area contributed by atoms with E-state index in [1.807, 2.05) is 31.2 Å². The maximum absolute atomic E-state index is 12.4. The van der Waals surface area contributed by atoms with E-state index in [2.05, 4.69) is 39.4 Å². The second-order valence-electron chi connectivity index (χ2n) is 6.68. The largest absolute Gasteiger partial charge is 0.481 e. The van der Waals surface area contributed by atoms with Crippen molar-refractivity contribution in [2.45, 2.75) is 51.7 Å². The summed E-state index contributed by atoms with van der Waals surface area (Å²) >= 11 is 3.39.